The van der Waals surface area contributed by atoms with Gasteiger partial charge in [-0.05, 0) is 30.5 Å². The molecule has 0 aliphatic carbocycles. The lowest BCUT2D eigenvalue weighted by molar-refractivity contribution is -0.124. The molecular weight excluding hydrogens is 372 g/mol. The third kappa shape index (κ3) is 3.41. The van der Waals surface area contributed by atoms with Gasteiger partial charge in [-0.2, -0.15) is 0 Å². The van der Waals surface area contributed by atoms with Gasteiger partial charge in [0, 0.05) is 18.1 Å². The van der Waals surface area contributed by atoms with Crippen molar-refractivity contribution in [3.05, 3.63) is 70.9 Å². The number of hydrogen-bond donors (Lipinski definition) is 1. The van der Waals surface area contributed by atoms with E-state index in [2.05, 4.69) is 15.3 Å². The van der Waals surface area contributed by atoms with Crippen molar-refractivity contribution in [1.82, 2.24) is 19.9 Å². The van der Waals surface area contributed by atoms with Crippen molar-refractivity contribution >= 4 is 37.7 Å². The third-order valence-electron chi connectivity index (χ3n) is 4.76. The Morgan fingerprint density at radius 1 is 1.18 bits per heavy atom. The predicted octanol–water partition coefficient (Wildman–Crippen LogP) is 3.32. The van der Waals surface area contributed by atoms with Gasteiger partial charge in [-0.15, -0.1) is 11.3 Å². The molecule has 3 heterocycles. The summed E-state index contributed by atoms with van der Waals surface area (Å²) in [5.41, 5.74) is 1.61. The molecule has 0 saturated carbocycles. The molecule has 1 atom stereocenters. The monoisotopic (exact) mass is 392 g/mol. The molecule has 0 saturated heterocycles. The van der Waals surface area contributed by atoms with Gasteiger partial charge in [0.1, 0.15) is 15.6 Å². The summed E-state index contributed by atoms with van der Waals surface area (Å²) in [6.07, 6.45) is 4.44. The van der Waals surface area contributed by atoms with Crippen LogP contribution in [0.1, 0.15) is 24.9 Å². The van der Waals surface area contributed by atoms with Gasteiger partial charge in [0.25, 0.3) is 5.56 Å². The van der Waals surface area contributed by atoms with E-state index in [1.54, 1.807) is 6.20 Å². The van der Waals surface area contributed by atoms with E-state index in [9.17, 15) is 9.59 Å². The molecule has 3 aromatic heterocycles. The minimum atomic E-state index is -0.585. The molecule has 0 bridgehead atoms. The Hall–Kier alpha value is -3.06. The lowest BCUT2D eigenvalue weighted by Crippen LogP contribution is -2.37. The summed E-state index contributed by atoms with van der Waals surface area (Å²) >= 11 is 1.32. The number of rotatable bonds is 6. The van der Waals surface area contributed by atoms with E-state index in [0.717, 1.165) is 22.2 Å². The highest BCUT2D eigenvalue weighted by atomic mass is 32.1. The van der Waals surface area contributed by atoms with Gasteiger partial charge < -0.3 is 5.32 Å². The lowest BCUT2D eigenvalue weighted by atomic mass is 10.1. The quantitative estimate of drug-likeness (QED) is 0.546. The molecule has 6 nitrogen and oxygen atoms in total. The number of carbonyl (C=O) groups excluding carboxylic acids is 1. The van der Waals surface area contributed by atoms with E-state index in [-0.39, 0.29) is 11.5 Å². The number of hydrogen-bond acceptors (Lipinski definition) is 5. The number of nitrogens with zero attached hydrogens (tertiary/aromatic N) is 3. The molecule has 28 heavy (non-hydrogen) atoms. The highest BCUT2D eigenvalue weighted by Crippen LogP contribution is 2.28. The smallest absolute Gasteiger partial charge is 0.272 e. The van der Waals surface area contributed by atoms with Crippen LogP contribution in [-0.4, -0.2) is 27.0 Å². The first-order chi connectivity index (χ1) is 13.7. The van der Waals surface area contributed by atoms with Crippen LogP contribution in [0.3, 0.4) is 0 Å². The van der Waals surface area contributed by atoms with E-state index >= 15 is 0 Å². The van der Waals surface area contributed by atoms with Crippen molar-refractivity contribution in [3.8, 4) is 0 Å². The fourth-order valence-corrected chi connectivity index (χ4v) is 4.34. The first kappa shape index (κ1) is 18.3. The average molecular weight is 392 g/mol. The van der Waals surface area contributed by atoms with Gasteiger partial charge in [0.05, 0.1) is 11.8 Å². The molecule has 142 valence electrons. The van der Waals surface area contributed by atoms with Crippen molar-refractivity contribution in [2.75, 3.05) is 6.54 Å². The molecule has 0 aliphatic heterocycles. The summed E-state index contributed by atoms with van der Waals surface area (Å²) in [6, 6.07) is 13.1. The fourth-order valence-electron chi connectivity index (χ4n) is 3.31. The maximum absolute atomic E-state index is 13.0. The normalized spacial score (nSPS) is 12.3. The standard InChI is InChI=1S/C21H20N4O2S/c1-2-16(19(26)22-12-10-14-7-4-3-5-8-14)25-13-24-17-15-9-6-11-23-20(15)28-18(17)21(25)27/h3-9,11,13,16H,2,10,12H2,1H3,(H,22,26)/t16-/m0/s1. The first-order valence-electron chi connectivity index (χ1n) is 9.25. The Balaban J connectivity index is 1.57. The zero-order chi connectivity index (χ0) is 19.5. The van der Waals surface area contributed by atoms with Crippen LogP contribution in [0.4, 0.5) is 0 Å². The van der Waals surface area contributed by atoms with Crippen LogP contribution in [0.2, 0.25) is 0 Å². The SMILES string of the molecule is CC[C@@H](C(=O)NCCc1ccccc1)n1cnc2c(sc3ncccc32)c1=O. The van der Waals surface area contributed by atoms with Crippen LogP contribution in [-0.2, 0) is 11.2 Å². The van der Waals surface area contributed by atoms with Crippen LogP contribution in [0.25, 0.3) is 20.4 Å². The third-order valence-corrected chi connectivity index (χ3v) is 5.85. The first-order valence-corrected chi connectivity index (χ1v) is 10.1. The van der Waals surface area contributed by atoms with Crippen molar-refractivity contribution in [3.63, 3.8) is 0 Å². The Kier molecular flexibility index (Phi) is 5.16. The molecule has 1 amide bonds. The van der Waals surface area contributed by atoms with E-state index in [1.165, 1.54) is 22.2 Å². The molecule has 4 aromatic rings. The van der Waals surface area contributed by atoms with Crippen LogP contribution >= 0.6 is 11.3 Å². The van der Waals surface area contributed by atoms with Gasteiger partial charge in [-0.1, -0.05) is 37.3 Å². The van der Waals surface area contributed by atoms with Gasteiger partial charge in [-0.3, -0.25) is 14.2 Å². The second kappa shape index (κ2) is 7.90. The molecule has 1 aromatic carbocycles. The zero-order valence-corrected chi connectivity index (χ0v) is 16.3. The molecule has 7 heteroatoms. The molecule has 0 radical (unpaired) electrons. The summed E-state index contributed by atoms with van der Waals surface area (Å²) in [7, 11) is 0. The Morgan fingerprint density at radius 2 is 2.00 bits per heavy atom. The Bertz CT molecular complexity index is 1180. The zero-order valence-electron chi connectivity index (χ0n) is 15.5. The second-order valence-electron chi connectivity index (χ2n) is 6.54. The highest BCUT2D eigenvalue weighted by Gasteiger charge is 2.22. The van der Waals surface area contributed by atoms with Gasteiger partial charge in [0.2, 0.25) is 5.91 Å². The van der Waals surface area contributed by atoms with Crippen molar-refractivity contribution < 1.29 is 4.79 Å². The number of nitrogens with one attached hydrogen (secondary N) is 1. The summed E-state index contributed by atoms with van der Waals surface area (Å²) in [5.74, 6) is -0.166. The molecule has 0 unspecified atom stereocenters. The number of pyridine rings is 1. The fraction of sp³-hybridized carbons (Fsp3) is 0.238. The van der Waals surface area contributed by atoms with Crippen molar-refractivity contribution in [1.29, 1.82) is 0 Å². The second-order valence-corrected chi connectivity index (χ2v) is 7.54. The van der Waals surface area contributed by atoms with Crippen LogP contribution in [0.5, 0.6) is 0 Å². The number of benzene rings is 1. The Labute approximate surface area is 165 Å². The molecular formula is C21H20N4O2S. The lowest BCUT2D eigenvalue weighted by Gasteiger charge is -2.17. The predicted molar refractivity (Wildman–Crippen MR) is 112 cm³/mol. The van der Waals surface area contributed by atoms with E-state index in [1.807, 2.05) is 49.4 Å². The van der Waals surface area contributed by atoms with Crippen LogP contribution in [0, 0.1) is 0 Å². The molecule has 1 N–H and O–H groups in total. The number of amides is 1. The number of carbonyl (C=O) groups is 1. The summed E-state index contributed by atoms with van der Waals surface area (Å²) in [5, 5.41) is 3.81. The summed E-state index contributed by atoms with van der Waals surface area (Å²) in [6.45, 7) is 2.42. The summed E-state index contributed by atoms with van der Waals surface area (Å²) in [4.78, 5) is 35.3. The van der Waals surface area contributed by atoms with E-state index in [0.29, 0.717) is 23.2 Å². The van der Waals surface area contributed by atoms with Crippen molar-refractivity contribution in [2.45, 2.75) is 25.8 Å². The summed E-state index contributed by atoms with van der Waals surface area (Å²) < 4.78 is 1.97. The van der Waals surface area contributed by atoms with Gasteiger partial charge in [-0.25, -0.2) is 9.97 Å². The topological polar surface area (TPSA) is 76.9 Å². The highest BCUT2D eigenvalue weighted by molar-refractivity contribution is 7.25. The number of aromatic nitrogens is 3. The molecule has 0 fully saturated rings. The molecule has 0 aliphatic rings. The maximum atomic E-state index is 13.0. The van der Waals surface area contributed by atoms with Crippen LogP contribution < -0.4 is 10.9 Å². The number of thiophene rings is 1. The van der Waals surface area contributed by atoms with Crippen LogP contribution in [0.15, 0.2) is 59.8 Å². The molecule has 4 rings (SSSR count). The minimum absolute atomic E-state index is 0.166. The van der Waals surface area contributed by atoms with Gasteiger partial charge in [0.15, 0.2) is 0 Å². The van der Waals surface area contributed by atoms with E-state index < -0.39 is 6.04 Å². The minimum Gasteiger partial charge on any atom is -0.354 e. The Morgan fingerprint density at radius 3 is 2.79 bits per heavy atom. The molecule has 0 spiro atoms. The largest absolute Gasteiger partial charge is 0.354 e. The average Bonchev–Trinajstić information content (AvgIpc) is 3.11. The number of fused-ring (bicyclic) bond motifs is 3. The van der Waals surface area contributed by atoms with Gasteiger partial charge >= 0.3 is 0 Å². The maximum Gasteiger partial charge on any atom is 0.272 e. The van der Waals surface area contributed by atoms with Crippen molar-refractivity contribution in [2.24, 2.45) is 0 Å². The van der Waals surface area contributed by atoms with E-state index in [4.69, 9.17) is 0 Å².